The number of rotatable bonds is 4. The molecule has 1 fully saturated rings. The molecule has 3 nitrogen and oxygen atoms in total. The summed E-state index contributed by atoms with van der Waals surface area (Å²) in [5.74, 6) is 0. The van der Waals surface area contributed by atoms with Crippen LogP contribution in [-0.2, 0) is 6.18 Å². The summed E-state index contributed by atoms with van der Waals surface area (Å²) in [4.78, 5) is 1.95. The van der Waals surface area contributed by atoms with Crippen molar-refractivity contribution >= 4 is 32.4 Å². The van der Waals surface area contributed by atoms with Gasteiger partial charge in [0.25, 0.3) is 0 Å². The second-order valence-corrected chi connectivity index (χ2v) is 5.96. The van der Waals surface area contributed by atoms with Crippen molar-refractivity contribution in [2.75, 3.05) is 16.8 Å². The molecule has 0 unspecified atom stereocenters. The number of alkyl halides is 4. The van der Waals surface area contributed by atoms with E-state index in [1.54, 1.807) is 0 Å². The number of hydrogen-bond acceptors (Lipinski definition) is 4. The minimum absolute atomic E-state index is 0.302. The normalized spacial score (nSPS) is 17.3. The number of anilines is 1. The zero-order chi connectivity index (χ0) is 13.2. The quantitative estimate of drug-likeness (QED) is 0.780. The standard InChI is InChI=1S/C10H13BrF3N3S/c11-5-6-17(7-3-1-2-4-7)9-16-15-8(18-9)10(12,13)14/h7H,1-6H2. The van der Waals surface area contributed by atoms with Crippen molar-refractivity contribution in [1.29, 1.82) is 0 Å². The Labute approximate surface area is 116 Å². The molecule has 102 valence electrons. The molecular weight excluding hydrogens is 331 g/mol. The summed E-state index contributed by atoms with van der Waals surface area (Å²) in [6.07, 6.45) is -0.0870. The second kappa shape index (κ2) is 5.73. The van der Waals surface area contributed by atoms with E-state index in [1.807, 2.05) is 4.90 Å². The highest BCUT2D eigenvalue weighted by Gasteiger charge is 2.37. The lowest BCUT2D eigenvalue weighted by Crippen LogP contribution is -2.34. The third-order valence-electron chi connectivity index (χ3n) is 2.99. The zero-order valence-corrected chi connectivity index (χ0v) is 12.0. The van der Waals surface area contributed by atoms with E-state index in [4.69, 9.17) is 0 Å². The van der Waals surface area contributed by atoms with Crippen LogP contribution < -0.4 is 4.90 Å². The Kier molecular flexibility index (Phi) is 4.47. The maximum absolute atomic E-state index is 12.5. The van der Waals surface area contributed by atoms with E-state index in [1.165, 1.54) is 0 Å². The fraction of sp³-hybridized carbons (Fsp3) is 0.800. The monoisotopic (exact) mass is 343 g/mol. The average molecular weight is 344 g/mol. The van der Waals surface area contributed by atoms with Crippen LogP contribution in [0.4, 0.5) is 18.3 Å². The van der Waals surface area contributed by atoms with Gasteiger partial charge >= 0.3 is 6.18 Å². The van der Waals surface area contributed by atoms with Gasteiger partial charge in [-0.1, -0.05) is 40.1 Å². The molecule has 1 aliphatic carbocycles. The Balaban J connectivity index is 2.17. The van der Waals surface area contributed by atoms with Crippen LogP contribution in [-0.4, -0.2) is 28.1 Å². The van der Waals surface area contributed by atoms with E-state index < -0.39 is 11.2 Å². The first kappa shape index (κ1) is 14.0. The summed E-state index contributed by atoms with van der Waals surface area (Å²) < 4.78 is 37.5. The largest absolute Gasteiger partial charge is 0.445 e. The molecule has 0 saturated heterocycles. The van der Waals surface area contributed by atoms with Crippen LogP contribution in [0.1, 0.15) is 30.7 Å². The van der Waals surface area contributed by atoms with Gasteiger partial charge in [-0.15, -0.1) is 10.2 Å². The fourth-order valence-corrected chi connectivity index (χ4v) is 3.38. The highest BCUT2D eigenvalue weighted by Crippen LogP contribution is 2.36. The molecule has 0 amide bonds. The van der Waals surface area contributed by atoms with Crippen molar-refractivity contribution in [3.63, 3.8) is 0 Å². The van der Waals surface area contributed by atoms with Crippen LogP contribution in [0.25, 0.3) is 0 Å². The predicted molar refractivity (Wildman–Crippen MR) is 68.3 cm³/mol. The zero-order valence-electron chi connectivity index (χ0n) is 9.58. The van der Waals surface area contributed by atoms with E-state index in [0.717, 1.165) is 25.7 Å². The van der Waals surface area contributed by atoms with Crippen LogP contribution in [0, 0.1) is 0 Å². The second-order valence-electron chi connectivity index (χ2n) is 4.21. The molecule has 0 aromatic carbocycles. The number of nitrogens with zero attached hydrogens (tertiary/aromatic N) is 3. The highest BCUT2D eigenvalue weighted by atomic mass is 79.9. The third-order valence-corrected chi connectivity index (χ3v) is 4.35. The van der Waals surface area contributed by atoms with Gasteiger partial charge in [0.2, 0.25) is 10.1 Å². The van der Waals surface area contributed by atoms with Gasteiger partial charge in [0, 0.05) is 17.9 Å². The molecular formula is C10H13BrF3N3S. The van der Waals surface area contributed by atoms with Gasteiger partial charge < -0.3 is 4.90 Å². The van der Waals surface area contributed by atoms with E-state index in [0.29, 0.717) is 34.4 Å². The van der Waals surface area contributed by atoms with Gasteiger partial charge in [0.1, 0.15) is 0 Å². The smallest absolute Gasteiger partial charge is 0.343 e. The topological polar surface area (TPSA) is 29.0 Å². The minimum Gasteiger partial charge on any atom is -0.343 e. The van der Waals surface area contributed by atoms with Crippen LogP contribution in [0.15, 0.2) is 0 Å². The van der Waals surface area contributed by atoms with Crippen molar-refractivity contribution in [3.8, 4) is 0 Å². The van der Waals surface area contributed by atoms with E-state index >= 15 is 0 Å². The van der Waals surface area contributed by atoms with E-state index in [-0.39, 0.29) is 0 Å². The predicted octanol–water partition coefficient (Wildman–Crippen LogP) is 3.70. The Morgan fingerprint density at radius 3 is 2.44 bits per heavy atom. The van der Waals surface area contributed by atoms with E-state index in [2.05, 4.69) is 26.1 Å². The maximum atomic E-state index is 12.5. The fourth-order valence-electron chi connectivity index (χ4n) is 2.19. The van der Waals surface area contributed by atoms with Crippen LogP contribution in [0.5, 0.6) is 0 Å². The first-order valence-electron chi connectivity index (χ1n) is 5.75. The highest BCUT2D eigenvalue weighted by molar-refractivity contribution is 9.09. The number of aromatic nitrogens is 2. The van der Waals surface area contributed by atoms with Crippen LogP contribution in [0.2, 0.25) is 0 Å². The van der Waals surface area contributed by atoms with Crippen molar-refractivity contribution in [2.45, 2.75) is 37.9 Å². The average Bonchev–Trinajstić information content (AvgIpc) is 2.96. The molecule has 18 heavy (non-hydrogen) atoms. The summed E-state index contributed by atoms with van der Waals surface area (Å²) in [5, 5.41) is 7.18. The summed E-state index contributed by atoms with van der Waals surface area (Å²) in [7, 11) is 0. The molecule has 0 bridgehead atoms. The number of halogens is 4. The van der Waals surface area contributed by atoms with Gasteiger partial charge in [-0.3, -0.25) is 0 Å². The van der Waals surface area contributed by atoms with Crippen molar-refractivity contribution in [2.24, 2.45) is 0 Å². The van der Waals surface area contributed by atoms with Gasteiger partial charge in [-0.05, 0) is 12.8 Å². The molecule has 0 spiro atoms. The van der Waals surface area contributed by atoms with Gasteiger partial charge in [-0.2, -0.15) is 13.2 Å². The summed E-state index contributed by atoms with van der Waals surface area (Å²) in [6, 6.07) is 0.302. The molecule has 1 aromatic heterocycles. The van der Waals surface area contributed by atoms with Crippen molar-refractivity contribution in [1.82, 2.24) is 10.2 Å². The molecule has 8 heteroatoms. The molecule has 0 N–H and O–H groups in total. The Hall–Kier alpha value is -0.370. The minimum atomic E-state index is -4.40. The molecule has 1 aliphatic rings. The first-order chi connectivity index (χ1) is 8.52. The molecule has 1 saturated carbocycles. The number of hydrogen-bond donors (Lipinski definition) is 0. The van der Waals surface area contributed by atoms with Crippen LogP contribution >= 0.6 is 27.3 Å². The summed E-state index contributed by atoms with van der Waals surface area (Å²) in [5.41, 5.74) is 0. The Morgan fingerprint density at radius 1 is 1.28 bits per heavy atom. The lowest BCUT2D eigenvalue weighted by molar-refractivity contribution is -0.138. The first-order valence-corrected chi connectivity index (χ1v) is 7.69. The molecule has 0 atom stereocenters. The van der Waals surface area contributed by atoms with Crippen molar-refractivity contribution < 1.29 is 13.2 Å². The molecule has 2 rings (SSSR count). The Bertz CT molecular complexity index is 390. The maximum Gasteiger partial charge on any atom is 0.445 e. The van der Waals surface area contributed by atoms with Crippen molar-refractivity contribution in [3.05, 3.63) is 5.01 Å². The molecule has 0 radical (unpaired) electrons. The summed E-state index contributed by atoms with van der Waals surface area (Å²) in [6.45, 7) is 0.664. The SMILES string of the molecule is FC(F)(F)c1nnc(N(CCBr)C2CCCC2)s1. The molecule has 1 heterocycles. The van der Waals surface area contributed by atoms with Gasteiger partial charge in [0.05, 0.1) is 0 Å². The lowest BCUT2D eigenvalue weighted by atomic mass is 10.2. The lowest BCUT2D eigenvalue weighted by Gasteiger charge is -2.27. The molecule has 1 aromatic rings. The Morgan fingerprint density at radius 2 is 1.94 bits per heavy atom. The third kappa shape index (κ3) is 3.14. The summed E-state index contributed by atoms with van der Waals surface area (Å²) >= 11 is 3.97. The molecule has 0 aliphatic heterocycles. The van der Waals surface area contributed by atoms with E-state index in [9.17, 15) is 13.2 Å². The van der Waals surface area contributed by atoms with Gasteiger partial charge in [0.15, 0.2) is 0 Å². The van der Waals surface area contributed by atoms with Crippen LogP contribution in [0.3, 0.4) is 0 Å². The van der Waals surface area contributed by atoms with Gasteiger partial charge in [-0.25, -0.2) is 0 Å².